The molecular weight excluding hydrogens is 498 g/mol. The first-order valence-corrected chi connectivity index (χ1v) is 12.8. The number of rotatable bonds is 2. The number of carbonyl (C=O) groups is 2. The quantitative estimate of drug-likeness (QED) is 0.226. The Morgan fingerprint density at radius 1 is 1.05 bits per heavy atom. The van der Waals surface area contributed by atoms with Gasteiger partial charge in [0.2, 0.25) is 5.91 Å². The maximum Gasteiger partial charge on any atom is 0.411 e. The summed E-state index contributed by atoms with van der Waals surface area (Å²) in [4.78, 5) is 30.9. The lowest BCUT2D eigenvalue weighted by atomic mass is 9.93. The molecule has 0 spiro atoms. The van der Waals surface area contributed by atoms with Gasteiger partial charge >= 0.3 is 6.09 Å². The number of thiol groups is 1. The standard InChI is InChI=1S/C29H29N5O3S/c1-16-11-19-12-17(2)23(16)8-10-37-29(36)34-22-4-6-25(38)20(14-22)15-32-28(35)26(19)33-21-3-5-24-18(13-21)7-9-31-27(24)30/h3-7,9,11-14,26,33,38H,8,10,15H2,1-2H3,(H2,30,31)(H,32,35)(H,34,36)/t26-/m1/s1. The molecule has 2 aliphatic rings. The minimum Gasteiger partial charge on any atom is -0.449 e. The van der Waals surface area contributed by atoms with Crippen LogP contribution in [0.5, 0.6) is 0 Å². The van der Waals surface area contributed by atoms with E-state index >= 15 is 0 Å². The van der Waals surface area contributed by atoms with Gasteiger partial charge < -0.3 is 21.1 Å². The summed E-state index contributed by atoms with van der Waals surface area (Å²) in [6, 6.07) is 16.3. The van der Waals surface area contributed by atoms with Crippen LogP contribution < -0.4 is 21.7 Å². The number of carbonyl (C=O) groups excluding carboxylic acids is 2. The van der Waals surface area contributed by atoms with E-state index in [9.17, 15) is 9.59 Å². The average Bonchev–Trinajstić information content (AvgIpc) is 2.88. The molecule has 0 radical (unpaired) electrons. The molecule has 6 rings (SSSR count). The molecule has 0 aliphatic carbocycles. The Morgan fingerprint density at radius 2 is 1.84 bits per heavy atom. The zero-order valence-electron chi connectivity index (χ0n) is 21.2. The topological polar surface area (TPSA) is 118 Å². The first-order chi connectivity index (χ1) is 18.3. The van der Waals surface area contributed by atoms with Crippen molar-refractivity contribution in [3.63, 3.8) is 0 Å². The number of nitrogen functional groups attached to an aromatic ring is 1. The van der Waals surface area contributed by atoms with Crippen LogP contribution in [0.1, 0.15) is 33.9 Å². The maximum atomic E-state index is 13.7. The van der Waals surface area contributed by atoms with Gasteiger partial charge in [-0.1, -0.05) is 12.1 Å². The highest BCUT2D eigenvalue weighted by atomic mass is 32.1. The van der Waals surface area contributed by atoms with Gasteiger partial charge in [0, 0.05) is 40.8 Å². The number of nitrogens with two attached hydrogens (primary N) is 1. The summed E-state index contributed by atoms with van der Waals surface area (Å²) in [5.74, 6) is 0.270. The molecule has 9 heteroatoms. The van der Waals surface area contributed by atoms with Gasteiger partial charge in [-0.25, -0.2) is 9.78 Å². The van der Waals surface area contributed by atoms with Crippen LogP contribution in [0, 0.1) is 13.8 Å². The monoisotopic (exact) mass is 527 g/mol. The third kappa shape index (κ3) is 5.38. The average molecular weight is 528 g/mol. The fraction of sp³-hybridized carbons (Fsp3) is 0.207. The number of amides is 2. The van der Waals surface area contributed by atoms with E-state index < -0.39 is 12.1 Å². The predicted molar refractivity (Wildman–Crippen MR) is 153 cm³/mol. The molecule has 0 saturated heterocycles. The lowest BCUT2D eigenvalue weighted by molar-refractivity contribution is -0.122. The molecule has 2 aliphatic heterocycles. The summed E-state index contributed by atoms with van der Waals surface area (Å²) in [5.41, 5.74) is 12.1. The molecule has 3 heterocycles. The first-order valence-electron chi connectivity index (χ1n) is 12.3. The van der Waals surface area contributed by atoms with Gasteiger partial charge in [-0.05, 0) is 89.5 Å². The fourth-order valence-electron chi connectivity index (χ4n) is 4.83. The summed E-state index contributed by atoms with van der Waals surface area (Å²) in [6.45, 7) is 4.49. The smallest absolute Gasteiger partial charge is 0.411 e. The normalized spacial score (nSPS) is 16.0. The predicted octanol–water partition coefficient (Wildman–Crippen LogP) is 5.30. The number of nitrogens with zero attached hydrogens (tertiary/aromatic N) is 1. The van der Waals surface area contributed by atoms with Gasteiger partial charge in [-0.2, -0.15) is 0 Å². The Morgan fingerprint density at radius 3 is 2.63 bits per heavy atom. The van der Waals surface area contributed by atoms with E-state index in [0.717, 1.165) is 44.3 Å². The number of benzene rings is 3. The molecule has 5 N–H and O–H groups in total. The second-order valence-corrected chi connectivity index (χ2v) is 9.90. The van der Waals surface area contributed by atoms with Crippen molar-refractivity contribution in [2.24, 2.45) is 0 Å². The van der Waals surface area contributed by atoms with Crippen molar-refractivity contribution in [2.45, 2.75) is 37.8 Å². The maximum absolute atomic E-state index is 13.7. The lowest BCUT2D eigenvalue weighted by Gasteiger charge is -2.23. The molecule has 1 aromatic heterocycles. The van der Waals surface area contributed by atoms with Gasteiger partial charge in [0.05, 0.1) is 6.61 Å². The van der Waals surface area contributed by atoms with Crippen LogP contribution in [0.4, 0.5) is 22.0 Å². The Labute approximate surface area is 226 Å². The van der Waals surface area contributed by atoms with E-state index in [0.29, 0.717) is 22.8 Å². The van der Waals surface area contributed by atoms with Crippen LogP contribution in [0.25, 0.3) is 10.8 Å². The molecule has 38 heavy (non-hydrogen) atoms. The summed E-state index contributed by atoms with van der Waals surface area (Å²) in [7, 11) is 0. The van der Waals surface area contributed by atoms with Crippen LogP contribution in [0.2, 0.25) is 0 Å². The molecule has 0 saturated carbocycles. The summed E-state index contributed by atoms with van der Waals surface area (Å²) in [5, 5.41) is 11.0. The van der Waals surface area contributed by atoms with Crippen LogP contribution in [-0.4, -0.2) is 23.6 Å². The zero-order valence-corrected chi connectivity index (χ0v) is 22.1. The SMILES string of the molecule is Cc1cc2cc(C)c1CCOC(=O)Nc1ccc(S)c(c1)CNC(=O)[C@@H]2Nc1ccc2c(N)nccc2c1. The largest absolute Gasteiger partial charge is 0.449 e. The van der Waals surface area contributed by atoms with Crippen molar-refractivity contribution < 1.29 is 14.3 Å². The highest BCUT2D eigenvalue weighted by Gasteiger charge is 2.23. The number of ether oxygens (including phenoxy) is 1. The Bertz CT molecular complexity index is 1530. The number of fused-ring (bicyclic) bond motifs is 10. The Balaban J connectivity index is 1.53. The summed E-state index contributed by atoms with van der Waals surface area (Å²) < 4.78 is 5.43. The fourth-order valence-corrected chi connectivity index (χ4v) is 5.05. The molecule has 0 fully saturated rings. The van der Waals surface area contributed by atoms with Crippen molar-refractivity contribution in [1.82, 2.24) is 10.3 Å². The number of hydrogen-bond acceptors (Lipinski definition) is 7. The number of anilines is 3. The van der Waals surface area contributed by atoms with E-state index in [1.54, 1.807) is 24.4 Å². The molecule has 194 valence electrons. The number of aromatic nitrogens is 1. The van der Waals surface area contributed by atoms with E-state index in [-0.39, 0.29) is 19.1 Å². The second-order valence-electron chi connectivity index (χ2n) is 9.41. The van der Waals surface area contributed by atoms with E-state index in [2.05, 4.69) is 33.6 Å². The molecule has 3 aromatic carbocycles. The molecule has 8 nitrogen and oxygen atoms in total. The molecule has 4 aromatic rings. The minimum absolute atomic E-state index is 0.191. The van der Waals surface area contributed by atoms with Crippen molar-refractivity contribution >= 4 is 52.6 Å². The van der Waals surface area contributed by atoms with E-state index in [1.807, 2.05) is 50.2 Å². The lowest BCUT2D eigenvalue weighted by Crippen LogP contribution is -2.33. The van der Waals surface area contributed by atoms with E-state index in [1.165, 1.54) is 0 Å². The highest BCUT2D eigenvalue weighted by molar-refractivity contribution is 7.80. The van der Waals surface area contributed by atoms with Gasteiger partial charge in [0.1, 0.15) is 11.9 Å². The van der Waals surface area contributed by atoms with Crippen molar-refractivity contribution in [1.29, 1.82) is 0 Å². The van der Waals surface area contributed by atoms with Gasteiger partial charge in [0.15, 0.2) is 0 Å². The van der Waals surface area contributed by atoms with E-state index in [4.69, 9.17) is 10.5 Å². The van der Waals surface area contributed by atoms with Crippen LogP contribution in [0.15, 0.2) is 65.7 Å². The van der Waals surface area contributed by atoms with Gasteiger partial charge in [-0.15, -0.1) is 12.6 Å². The minimum atomic E-state index is -0.659. The van der Waals surface area contributed by atoms with Crippen LogP contribution in [-0.2, 0) is 22.5 Å². The zero-order chi connectivity index (χ0) is 26.8. The third-order valence-corrected chi connectivity index (χ3v) is 7.22. The van der Waals surface area contributed by atoms with Crippen LogP contribution in [0.3, 0.4) is 0 Å². The number of aryl methyl sites for hydroxylation is 2. The van der Waals surface area contributed by atoms with Crippen molar-refractivity contribution in [3.05, 3.63) is 88.6 Å². The number of nitrogens with one attached hydrogen (secondary N) is 3. The van der Waals surface area contributed by atoms with Gasteiger partial charge in [0.25, 0.3) is 0 Å². The molecule has 1 atom stereocenters. The second kappa shape index (κ2) is 10.6. The summed E-state index contributed by atoms with van der Waals surface area (Å²) in [6.07, 6.45) is 1.71. The van der Waals surface area contributed by atoms with Crippen molar-refractivity contribution in [3.8, 4) is 0 Å². The Kier molecular flexibility index (Phi) is 7.11. The highest BCUT2D eigenvalue weighted by Crippen LogP contribution is 2.29. The first kappa shape index (κ1) is 25.4. The number of pyridine rings is 1. The molecule has 0 unspecified atom stereocenters. The van der Waals surface area contributed by atoms with Crippen molar-refractivity contribution in [2.75, 3.05) is 23.0 Å². The van der Waals surface area contributed by atoms with Crippen LogP contribution >= 0.6 is 12.6 Å². The summed E-state index contributed by atoms with van der Waals surface area (Å²) >= 11 is 4.53. The van der Waals surface area contributed by atoms with Gasteiger partial charge in [-0.3, -0.25) is 10.1 Å². The molecule has 4 bridgehead atoms. The Hall–Kier alpha value is -4.24. The molecule has 2 amide bonds. The third-order valence-electron chi connectivity index (χ3n) is 6.78. The molecular formula is C29H29N5O3S. The number of hydrogen-bond donors (Lipinski definition) is 5.